The highest BCUT2D eigenvalue weighted by Gasteiger charge is 2.31. The average molecular weight is 384 g/mol. The summed E-state index contributed by atoms with van der Waals surface area (Å²) >= 11 is 0. The van der Waals surface area contributed by atoms with Crippen molar-refractivity contribution < 1.29 is 23.8 Å². The maximum atomic E-state index is 13.2. The van der Waals surface area contributed by atoms with Gasteiger partial charge in [-0.05, 0) is 48.7 Å². The first-order valence-corrected chi connectivity index (χ1v) is 9.07. The molecule has 28 heavy (non-hydrogen) atoms. The first kappa shape index (κ1) is 19.5. The molecule has 2 aromatic rings. The molecule has 1 unspecified atom stereocenters. The van der Waals surface area contributed by atoms with Crippen LogP contribution in [0.25, 0.3) is 0 Å². The maximum absolute atomic E-state index is 13.2. The summed E-state index contributed by atoms with van der Waals surface area (Å²) in [6.07, 6.45) is 1.83. The zero-order valence-corrected chi connectivity index (χ0v) is 16.0. The molecule has 0 aliphatic carbocycles. The van der Waals surface area contributed by atoms with Crippen LogP contribution in [-0.2, 0) is 4.79 Å². The molecule has 0 bridgehead atoms. The van der Waals surface area contributed by atoms with E-state index in [1.807, 2.05) is 29.2 Å². The van der Waals surface area contributed by atoms with Crippen LogP contribution in [0, 0.1) is 0 Å². The number of ether oxygens (including phenoxy) is 3. The largest absolute Gasteiger partial charge is 0.497 e. The summed E-state index contributed by atoms with van der Waals surface area (Å²) in [5.41, 5.74) is 6.66. The van der Waals surface area contributed by atoms with Crippen LogP contribution in [0.15, 0.2) is 42.5 Å². The van der Waals surface area contributed by atoms with Gasteiger partial charge in [0, 0.05) is 12.1 Å². The third-order valence-electron chi connectivity index (χ3n) is 4.77. The number of primary amides is 1. The van der Waals surface area contributed by atoms with Gasteiger partial charge >= 0.3 is 0 Å². The molecule has 0 saturated carbocycles. The third kappa shape index (κ3) is 4.19. The zero-order valence-electron chi connectivity index (χ0n) is 16.0. The molecule has 1 aliphatic heterocycles. The van der Waals surface area contributed by atoms with Crippen molar-refractivity contribution in [2.45, 2.75) is 18.9 Å². The van der Waals surface area contributed by atoms with Gasteiger partial charge < -0.3 is 24.8 Å². The number of likely N-dealkylation sites (tertiary alicyclic amines) is 1. The molecule has 2 aromatic carbocycles. The second-order valence-electron chi connectivity index (χ2n) is 6.55. The molecule has 2 N–H and O–H groups in total. The van der Waals surface area contributed by atoms with E-state index >= 15 is 0 Å². The third-order valence-corrected chi connectivity index (χ3v) is 4.77. The Labute approximate surface area is 164 Å². The summed E-state index contributed by atoms with van der Waals surface area (Å²) in [6.45, 7) is 0.427. The highest BCUT2D eigenvalue weighted by Crippen LogP contribution is 2.36. The number of rotatable bonds is 7. The van der Waals surface area contributed by atoms with Crippen molar-refractivity contribution in [3.8, 4) is 17.2 Å². The van der Waals surface area contributed by atoms with Gasteiger partial charge in [0.15, 0.2) is 18.1 Å². The number of benzene rings is 2. The van der Waals surface area contributed by atoms with Crippen molar-refractivity contribution in [3.05, 3.63) is 53.6 Å². The lowest BCUT2D eigenvalue weighted by molar-refractivity contribution is -0.119. The lowest BCUT2D eigenvalue weighted by Gasteiger charge is -2.26. The first-order valence-electron chi connectivity index (χ1n) is 9.07. The van der Waals surface area contributed by atoms with E-state index in [0.717, 1.165) is 24.2 Å². The summed E-state index contributed by atoms with van der Waals surface area (Å²) in [5, 5.41) is 0. The van der Waals surface area contributed by atoms with Crippen molar-refractivity contribution in [1.82, 2.24) is 4.90 Å². The first-order chi connectivity index (χ1) is 13.5. The molecule has 1 saturated heterocycles. The van der Waals surface area contributed by atoms with E-state index in [1.54, 1.807) is 25.3 Å². The van der Waals surface area contributed by atoms with Gasteiger partial charge in [-0.15, -0.1) is 0 Å². The Balaban J connectivity index is 1.82. The van der Waals surface area contributed by atoms with E-state index in [1.165, 1.54) is 7.11 Å². The molecule has 1 aliphatic rings. The Morgan fingerprint density at radius 2 is 1.93 bits per heavy atom. The van der Waals surface area contributed by atoms with Crippen LogP contribution in [0.1, 0.15) is 34.8 Å². The molecule has 2 amide bonds. The molecule has 0 spiro atoms. The number of nitrogens with zero attached hydrogens (tertiary/aromatic N) is 1. The van der Waals surface area contributed by atoms with Crippen LogP contribution >= 0.6 is 0 Å². The fourth-order valence-electron chi connectivity index (χ4n) is 3.44. The summed E-state index contributed by atoms with van der Waals surface area (Å²) in [4.78, 5) is 25.9. The zero-order chi connectivity index (χ0) is 20.1. The van der Waals surface area contributed by atoms with Gasteiger partial charge in [0.05, 0.1) is 20.3 Å². The summed E-state index contributed by atoms with van der Waals surface area (Å²) in [7, 11) is 3.11. The molecule has 0 radical (unpaired) electrons. The van der Waals surface area contributed by atoms with Gasteiger partial charge in [-0.25, -0.2) is 0 Å². The summed E-state index contributed by atoms with van der Waals surface area (Å²) < 4.78 is 15.9. The Kier molecular flexibility index (Phi) is 6.03. The molecule has 1 heterocycles. The summed E-state index contributed by atoms with van der Waals surface area (Å²) in [6, 6.07) is 12.7. The highest BCUT2D eigenvalue weighted by atomic mass is 16.5. The monoisotopic (exact) mass is 384 g/mol. The normalized spacial score (nSPS) is 15.9. The van der Waals surface area contributed by atoms with Crippen LogP contribution in [0.5, 0.6) is 17.2 Å². The number of hydrogen-bond acceptors (Lipinski definition) is 5. The molecule has 1 atom stereocenters. The van der Waals surface area contributed by atoms with Crippen LogP contribution in [0.2, 0.25) is 0 Å². The number of carbonyl (C=O) groups is 2. The fourth-order valence-corrected chi connectivity index (χ4v) is 3.44. The lowest BCUT2D eigenvalue weighted by atomic mass is 10.0. The van der Waals surface area contributed by atoms with E-state index in [0.29, 0.717) is 23.6 Å². The second-order valence-corrected chi connectivity index (χ2v) is 6.55. The number of amides is 2. The minimum atomic E-state index is -0.583. The van der Waals surface area contributed by atoms with Crippen molar-refractivity contribution in [1.29, 1.82) is 0 Å². The Hall–Kier alpha value is -3.22. The van der Waals surface area contributed by atoms with Crippen LogP contribution in [0.3, 0.4) is 0 Å². The molecule has 7 heteroatoms. The van der Waals surface area contributed by atoms with Gasteiger partial charge in [-0.2, -0.15) is 0 Å². The van der Waals surface area contributed by atoms with Crippen molar-refractivity contribution >= 4 is 11.8 Å². The minimum Gasteiger partial charge on any atom is -0.497 e. The van der Waals surface area contributed by atoms with Crippen molar-refractivity contribution in [2.24, 2.45) is 5.73 Å². The lowest BCUT2D eigenvalue weighted by Crippen LogP contribution is -2.30. The van der Waals surface area contributed by atoms with Crippen molar-refractivity contribution in [2.75, 3.05) is 27.4 Å². The predicted molar refractivity (Wildman–Crippen MR) is 104 cm³/mol. The molecule has 148 valence electrons. The standard InChI is InChI=1S/C21H24N2O5/c1-26-16-6-3-5-14(11-16)17-7-4-10-23(17)21(25)15-8-9-18(19(12-15)27-2)28-13-20(22)24/h3,5-6,8-9,11-12,17H,4,7,10,13H2,1-2H3,(H2,22,24). The number of carbonyl (C=O) groups excluding carboxylic acids is 2. The van der Waals surface area contributed by atoms with E-state index < -0.39 is 5.91 Å². The van der Waals surface area contributed by atoms with Gasteiger partial charge in [0.1, 0.15) is 5.75 Å². The predicted octanol–water partition coefficient (Wildman–Crippen LogP) is 2.55. The highest BCUT2D eigenvalue weighted by molar-refractivity contribution is 5.95. The van der Waals surface area contributed by atoms with Crippen LogP contribution < -0.4 is 19.9 Å². The Morgan fingerprint density at radius 1 is 1.11 bits per heavy atom. The van der Waals surface area contributed by atoms with E-state index in [9.17, 15) is 9.59 Å². The average Bonchev–Trinajstić information content (AvgIpc) is 3.21. The van der Waals surface area contributed by atoms with Crippen LogP contribution in [0.4, 0.5) is 0 Å². The molecular weight excluding hydrogens is 360 g/mol. The maximum Gasteiger partial charge on any atom is 0.255 e. The Morgan fingerprint density at radius 3 is 2.64 bits per heavy atom. The smallest absolute Gasteiger partial charge is 0.255 e. The minimum absolute atomic E-state index is 0.000571. The molecular formula is C21H24N2O5. The molecule has 0 aromatic heterocycles. The quantitative estimate of drug-likeness (QED) is 0.792. The second kappa shape index (κ2) is 8.65. The van der Waals surface area contributed by atoms with E-state index in [2.05, 4.69) is 0 Å². The number of methoxy groups -OCH3 is 2. The summed E-state index contributed by atoms with van der Waals surface area (Å²) in [5.74, 6) is 0.854. The van der Waals surface area contributed by atoms with E-state index in [4.69, 9.17) is 19.9 Å². The SMILES string of the molecule is COc1cccc(C2CCCN2C(=O)c2ccc(OCC(N)=O)c(OC)c2)c1. The van der Waals surface area contributed by atoms with Gasteiger partial charge in [-0.3, -0.25) is 9.59 Å². The number of nitrogens with two attached hydrogens (primary N) is 1. The molecule has 1 fully saturated rings. The fraction of sp³-hybridized carbons (Fsp3) is 0.333. The van der Waals surface area contributed by atoms with Gasteiger partial charge in [0.25, 0.3) is 11.8 Å². The van der Waals surface area contributed by atoms with E-state index in [-0.39, 0.29) is 18.6 Å². The molecule has 7 nitrogen and oxygen atoms in total. The topological polar surface area (TPSA) is 91.1 Å². The Bertz CT molecular complexity index is 868. The molecule has 3 rings (SSSR count). The van der Waals surface area contributed by atoms with Crippen molar-refractivity contribution in [3.63, 3.8) is 0 Å². The number of hydrogen-bond donors (Lipinski definition) is 1. The van der Waals surface area contributed by atoms with Gasteiger partial charge in [-0.1, -0.05) is 12.1 Å². The van der Waals surface area contributed by atoms with Crippen LogP contribution in [-0.4, -0.2) is 44.1 Å². The van der Waals surface area contributed by atoms with Gasteiger partial charge in [0.2, 0.25) is 0 Å².